The van der Waals surface area contributed by atoms with Crippen LogP contribution in [0.1, 0.15) is 37.7 Å². The van der Waals surface area contributed by atoms with Gasteiger partial charge in [0.25, 0.3) is 16.8 Å². The van der Waals surface area contributed by atoms with E-state index in [2.05, 4.69) is 0 Å². The summed E-state index contributed by atoms with van der Waals surface area (Å²) in [5.41, 5.74) is -1.71. The molecular formula is C17H17N3O7S. The summed E-state index contributed by atoms with van der Waals surface area (Å²) < 4.78 is 0. The number of phenols is 1. The zero-order valence-electron chi connectivity index (χ0n) is 14.7. The van der Waals surface area contributed by atoms with Gasteiger partial charge in [-0.15, -0.1) is 0 Å². The van der Waals surface area contributed by atoms with Gasteiger partial charge < -0.3 is 5.11 Å². The first-order chi connectivity index (χ1) is 13.3. The highest BCUT2D eigenvalue weighted by Crippen LogP contribution is 2.39. The molecule has 0 atom stereocenters. The highest BCUT2D eigenvalue weighted by atomic mass is 32.2. The van der Waals surface area contributed by atoms with Crippen molar-refractivity contribution in [1.29, 1.82) is 0 Å². The summed E-state index contributed by atoms with van der Waals surface area (Å²) in [5.74, 6) is -1.11. The summed E-state index contributed by atoms with van der Waals surface area (Å²) in [4.78, 5) is 46.2. The van der Waals surface area contributed by atoms with E-state index < -0.39 is 38.1 Å². The molecule has 1 aromatic rings. The summed E-state index contributed by atoms with van der Waals surface area (Å²) >= 11 is 0.650. The Bertz CT molecular complexity index is 893. The number of aromatic hydroxyl groups is 1. The maximum atomic E-state index is 12.6. The van der Waals surface area contributed by atoms with Crippen LogP contribution in [0.25, 0.3) is 6.08 Å². The van der Waals surface area contributed by atoms with Crippen LogP contribution >= 0.6 is 11.8 Å². The molecule has 28 heavy (non-hydrogen) atoms. The zero-order valence-corrected chi connectivity index (χ0v) is 15.5. The number of nitro benzene ring substituents is 2. The molecule has 10 nitrogen and oxygen atoms in total. The minimum Gasteiger partial charge on any atom is -0.502 e. The van der Waals surface area contributed by atoms with Crippen molar-refractivity contribution in [2.75, 3.05) is 6.54 Å². The zero-order chi connectivity index (χ0) is 20.4. The molecule has 148 valence electrons. The van der Waals surface area contributed by atoms with Crippen LogP contribution in [-0.2, 0) is 4.79 Å². The third-order valence-corrected chi connectivity index (χ3v) is 5.74. The van der Waals surface area contributed by atoms with Gasteiger partial charge in [0.05, 0.1) is 20.8 Å². The van der Waals surface area contributed by atoms with E-state index in [-0.39, 0.29) is 16.4 Å². The molecule has 0 spiro atoms. The molecule has 1 N–H and O–H groups in total. The SMILES string of the molecule is O=C1S/C(=C/c2cc([N+](=O)[O-])cc([N+](=O)[O-])c2O)C(=O)N1CC1CCCCC1. The first kappa shape index (κ1) is 19.8. The van der Waals surface area contributed by atoms with Gasteiger partial charge in [-0.1, -0.05) is 19.3 Å². The van der Waals surface area contributed by atoms with Crippen LogP contribution in [0, 0.1) is 26.1 Å². The molecule has 1 aromatic carbocycles. The van der Waals surface area contributed by atoms with Gasteiger partial charge in [-0.25, -0.2) is 0 Å². The van der Waals surface area contributed by atoms with Gasteiger partial charge in [-0.2, -0.15) is 0 Å². The molecular weight excluding hydrogens is 390 g/mol. The number of rotatable bonds is 5. The molecule has 0 aromatic heterocycles. The topological polar surface area (TPSA) is 144 Å². The van der Waals surface area contributed by atoms with Gasteiger partial charge in [0, 0.05) is 18.2 Å². The molecule has 0 bridgehead atoms. The minimum absolute atomic E-state index is 0.0362. The van der Waals surface area contributed by atoms with E-state index in [0.717, 1.165) is 49.1 Å². The van der Waals surface area contributed by atoms with Crippen molar-refractivity contribution >= 4 is 40.4 Å². The molecule has 3 rings (SSSR count). The lowest BCUT2D eigenvalue weighted by Crippen LogP contribution is -2.34. The number of carbonyl (C=O) groups excluding carboxylic acids is 2. The maximum Gasteiger partial charge on any atom is 0.318 e. The Morgan fingerprint density at radius 1 is 1.14 bits per heavy atom. The number of thioether (sulfide) groups is 1. The van der Waals surface area contributed by atoms with E-state index in [9.17, 15) is 34.9 Å². The Kier molecular flexibility index (Phi) is 5.63. The van der Waals surface area contributed by atoms with Crippen LogP contribution < -0.4 is 0 Å². The second kappa shape index (κ2) is 7.97. The van der Waals surface area contributed by atoms with E-state index in [0.29, 0.717) is 24.4 Å². The van der Waals surface area contributed by atoms with Crippen LogP contribution in [-0.4, -0.2) is 37.5 Å². The number of non-ortho nitro benzene ring substituents is 1. The highest BCUT2D eigenvalue weighted by molar-refractivity contribution is 8.18. The predicted molar refractivity (Wildman–Crippen MR) is 101 cm³/mol. The van der Waals surface area contributed by atoms with E-state index in [1.54, 1.807) is 0 Å². The molecule has 1 aliphatic heterocycles. The number of benzene rings is 1. The lowest BCUT2D eigenvalue weighted by atomic mass is 9.89. The van der Waals surface area contributed by atoms with Crippen LogP contribution in [0.5, 0.6) is 5.75 Å². The lowest BCUT2D eigenvalue weighted by Gasteiger charge is -2.25. The number of imide groups is 1. The third kappa shape index (κ3) is 3.98. The van der Waals surface area contributed by atoms with Gasteiger partial charge in [0.2, 0.25) is 5.75 Å². The van der Waals surface area contributed by atoms with Gasteiger partial charge in [0.1, 0.15) is 0 Å². The van der Waals surface area contributed by atoms with E-state index >= 15 is 0 Å². The lowest BCUT2D eigenvalue weighted by molar-refractivity contribution is -0.394. The number of nitrogens with zero attached hydrogens (tertiary/aromatic N) is 3. The van der Waals surface area contributed by atoms with Gasteiger partial charge in [0.15, 0.2) is 0 Å². The van der Waals surface area contributed by atoms with E-state index in [4.69, 9.17) is 0 Å². The smallest absolute Gasteiger partial charge is 0.318 e. The standard InChI is InChI=1S/C17H17N3O7S/c21-15-11(6-12(19(24)25)8-13(15)20(26)27)7-14-16(22)18(17(23)28-14)9-10-4-2-1-3-5-10/h6-8,10,21H,1-5,9H2/b14-7+. The van der Waals surface area contributed by atoms with E-state index in [1.807, 2.05) is 0 Å². The quantitative estimate of drug-likeness (QED) is 0.440. The summed E-state index contributed by atoms with van der Waals surface area (Å²) in [6.45, 7) is 0.309. The number of hydrogen-bond donors (Lipinski definition) is 1. The van der Waals surface area contributed by atoms with Gasteiger partial charge in [-0.3, -0.25) is 34.7 Å². The summed E-state index contributed by atoms with van der Waals surface area (Å²) in [5, 5.41) is 31.7. The largest absolute Gasteiger partial charge is 0.502 e. The Morgan fingerprint density at radius 2 is 1.82 bits per heavy atom. The molecule has 1 heterocycles. The fourth-order valence-electron chi connectivity index (χ4n) is 3.41. The molecule has 1 aliphatic carbocycles. The average molecular weight is 407 g/mol. The number of carbonyl (C=O) groups is 2. The van der Waals surface area contributed by atoms with Gasteiger partial charge >= 0.3 is 5.69 Å². The van der Waals surface area contributed by atoms with Crippen molar-refractivity contribution < 1.29 is 24.5 Å². The van der Waals surface area contributed by atoms with Crippen molar-refractivity contribution in [2.24, 2.45) is 5.92 Å². The van der Waals surface area contributed by atoms with E-state index in [1.165, 1.54) is 0 Å². The Balaban J connectivity index is 1.91. The van der Waals surface area contributed by atoms with Gasteiger partial charge in [-0.05, 0) is 36.6 Å². The normalized spacial score (nSPS) is 19.4. The van der Waals surface area contributed by atoms with Crippen molar-refractivity contribution in [1.82, 2.24) is 4.90 Å². The number of phenolic OH excluding ortho intramolecular Hbond substituents is 1. The molecule has 0 unspecified atom stereocenters. The molecule has 1 saturated heterocycles. The number of amides is 2. The van der Waals surface area contributed by atoms with Crippen molar-refractivity contribution in [2.45, 2.75) is 32.1 Å². The Labute approximate surface area is 163 Å². The monoisotopic (exact) mass is 407 g/mol. The minimum atomic E-state index is -0.950. The maximum absolute atomic E-state index is 12.6. The van der Waals surface area contributed by atoms with Crippen LogP contribution in [0.4, 0.5) is 16.2 Å². The number of nitro groups is 2. The molecule has 0 radical (unpaired) electrons. The molecule has 2 amide bonds. The second-order valence-corrected chi connectivity index (χ2v) is 7.71. The highest BCUT2D eigenvalue weighted by Gasteiger charge is 2.37. The summed E-state index contributed by atoms with van der Waals surface area (Å²) in [6, 6.07) is 1.57. The third-order valence-electron chi connectivity index (χ3n) is 4.84. The molecule has 11 heteroatoms. The fraction of sp³-hybridized carbons (Fsp3) is 0.412. The number of hydrogen-bond acceptors (Lipinski definition) is 8. The summed E-state index contributed by atoms with van der Waals surface area (Å²) in [6.07, 6.45) is 6.23. The molecule has 2 fully saturated rings. The molecule has 1 saturated carbocycles. The van der Waals surface area contributed by atoms with Crippen molar-refractivity contribution in [3.05, 3.63) is 42.8 Å². The fourth-order valence-corrected chi connectivity index (χ4v) is 4.25. The van der Waals surface area contributed by atoms with Crippen molar-refractivity contribution in [3.63, 3.8) is 0 Å². The molecule has 2 aliphatic rings. The summed E-state index contributed by atoms with van der Waals surface area (Å²) in [7, 11) is 0. The second-order valence-electron chi connectivity index (χ2n) is 6.71. The van der Waals surface area contributed by atoms with Crippen molar-refractivity contribution in [3.8, 4) is 5.75 Å². The van der Waals surface area contributed by atoms with Crippen LogP contribution in [0.3, 0.4) is 0 Å². The predicted octanol–water partition coefficient (Wildman–Crippen LogP) is 3.83. The van der Waals surface area contributed by atoms with Crippen LogP contribution in [0.15, 0.2) is 17.0 Å². The Morgan fingerprint density at radius 3 is 2.43 bits per heavy atom. The first-order valence-corrected chi connectivity index (χ1v) is 9.50. The average Bonchev–Trinajstić information content (AvgIpc) is 2.91. The first-order valence-electron chi connectivity index (χ1n) is 8.69. The van der Waals surface area contributed by atoms with Crippen LogP contribution in [0.2, 0.25) is 0 Å². The Hall–Kier alpha value is -2.95.